The van der Waals surface area contributed by atoms with Crippen LogP contribution < -0.4 is 5.32 Å². The van der Waals surface area contributed by atoms with Crippen LogP contribution in [0.1, 0.15) is 44.0 Å². The van der Waals surface area contributed by atoms with E-state index in [4.69, 9.17) is 0 Å². The predicted octanol–water partition coefficient (Wildman–Crippen LogP) is 3.42. The fraction of sp³-hybridized carbons (Fsp3) is 0.588. The molecule has 0 spiro atoms. The molecular weight excluding hydrogens is 248 g/mol. The Bertz CT molecular complexity index is 439. The molecule has 1 aromatic carbocycles. The van der Waals surface area contributed by atoms with Gasteiger partial charge in [0, 0.05) is 36.8 Å². The predicted molar refractivity (Wildman–Crippen MR) is 84.4 cm³/mol. The molecule has 1 unspecified atom stereocenters. The highest BCUT2D eigenvalue weighted by molar-refractivity contribution is 5.96. The van der Waals surface area contributed by atoms with Crippen molar-refractivity contribution in [2.75, 3.05) is 25.0 Å². The Balaban J connectivity index is 1.81. The molecule has 1 aliphatic heterocycles. The van der Waals surface area contributed by atoms with Crippen molar-refractivity contribution in [1.29, 1.82) is 0 Å². The van der Waals surface area contributed by atoms with Gasteiger partial charge in [-0.1, -0.05) is 6.92 Å². The highest BCUT2D eigenvalue weighted by Crippen LogP contribution is 2.19. The highest BCUT2D eigenvalue weighted by atomic mass is 16.1. The number of Topliss-reactive ketones (excluding diaryl/α,β-unsaturated/α-hetero) is 1. The summed E-state index contributed by atoms with van der Waals surface area (Å²) in [4.78, 5) is 14.1. The van der Waals surface area contributed by atoms with Crippen molar-refractivity contribution in [1.82, 2.24) is 4.90 Å². The summed E-state index contributed by atoms with van der Waals surface area (Å²) >= 11 is 0. The molecule has 20 heavy (non-hydrogen) atoms. The van der Waals surface area contributed by atoms with Crippen LogP contribution in [-0.2, 0) is 0 Å². The Labute approximate surface area is 122 Å². The van der Waals surface area contributed by atoms with Crippen LogP contribution in [0.25, 0.3) is 0 Å². The van der Waals surface area contributed by atoms with E-state index in [0.717, 1.165) is 23.7 Å². The molecule has 0 aromatic heterocycles. The van der Waals surface area contributed by atoms with E-state index in [2.05, 4.69) is 24.1 Å². The number of likely N-dealkylation sites (tertiary alicyclic amines) is 1. The summed E-state index contributed by atoms with van der Waals surface area (Å²) in [7, 11) is 0. The number of nitrogens with one attached hydrogen (secondary N) is 1. The van der Waals surface area contributed by atoms with Crippen molar-refractivity contribution in [3.8, 4) is 0 Å². The molecule has 0 saturated carbocycles. The first-order valence-electron chi connectivity index (χ1n) is 7.71. The van der Waals surface area contributed by atoms with E-state index in [1.54, 1.807) is 0 Å². The van der Waals surface area contributed by atoms with E-state index in [-0.39, 0.29) is 5.78 Å². The number of nitrogens with zero attached hydrogens (tertiary/aromatic N) is 1. The summed E-state index contributed by atoms with van der Waals surface area (Å²) in [6.07, 6.45) is 1.84. The zero-order valence-corrected chi connectivity index (χ0v) is 12.9. The van der Waals surface area contributed by atoms with Crippen LogP contribution in [0.15, 0.2) is 24.3 Å². The maximum atomic E-state index is 11.6. The number of rotatable bonds is 6. The van der Waals surface area contributed by atoms with Gasteiger partial charge >= 0.3 is 0 Å². The minimum atomic E-state index is 0.208. The minimum Gasteiger partial charge on any atom is -0.385 e. The minimum absolute atomic E-state index is 0.208. The Kier molecular flexibility index (Phi) is 5.18. The molecule has 3 nitrogen and oxygen atoms in total. The molecule has 2 rings (SSSR count). The van der Waals surface area contributed by atoms with Crippen molar-refractivity contribution < 1.29 is 4.79 Å². The van der Waals surface area contributed by atoms with Gasteiger partial charge in [0.05, 0.1) is 0 Å². The van der Waals surface area contributed by atoms with Crippen LogP contribution in [-0.4, -0.2) is 36.4 Å². The summed E-state index contributed by atoms with van der Waals surface area (Å²) in [6, 6.07) is 8.52. The fourth-order valence-corrected chi connectivity index (χ4v) is 2.74. The molecule has 1 aliphatic rings. The maximum Gasteiger partial charge on any atom is 0.162 e. The molecular formula is C17H26N2O. The van der Waals surface area contributed by atoms with Crippen LogP contribution >= 0.6 is 0 Å². The second-order valence-corrected chi connectivity index (χ2v) is 5.98. The fourth-order valence-electron chi connectivity index (χ4n) is 2.74. The quantitative estimate of drug-likeness (QED) is 0.807. The lowest BCUT2D eigenvalue weighted by Crippen LogP contribution is -2.29. The van der Waals surface area contributed by atoms with Crippen molar-refractivity contribution in [3.63, 3.8) is 0 Å². The molecule has 1 N–H and O–H groups in total. The summed E-state index contributed by atoms with van der Waals surface area (Å²) in [5.74, 6) is 0.939. The zero-order valence-electron chi connectivity index (χ0n) is 12.9. The number of hydrogen-bond acceptors (Lipinski definition) is 3. The number of carbonyl (C=O) groups excluding carboxylic acids is 1. The first-order chi connectivity index (χ1) is 9.60. The van der Waals surface area contributed by atoms with E-state index >= 15 is 0 Å². The van der Waals surface area contributed by atoms with Crippen molar-refractivity contribution >= 4 is 11.5 Å². The molecule has 1 saturated heterocycles. The van der Waals surface area contributed by atoms with Gasteiger partial charge in [0.2, 0.25) is 0 Å². The van der Waals surface area contributed by atoms with Crippen LogP contribution in [0.5, 0.6) is 0 Å². The first kappa shape index (κ1) is 15.0. The van der Waals surface area contributed by atoms with Crippen LogP contribution in [0.3, 0.4) is 0 Å². The average Bonchev–Trinajstić information content (AvgIpc) is 2.94. The molecule has 0 radical (unpaired) electrons. The van der Waals surface area contributed by atoms with Gasteiger partial charge in [-0.05, 0) is 57.0 Å². The van der Waals surface area contributed by atoms with Crippen molar-refractivity contribution in [2.45, 2.75) is 39.7 Å². The molecule has 110 valence electrons. The van der Waals surface area contributed by atoms with Gasteiger partial charge < -0.3 is 10.2 Å². The monoisotopic (exact) mass is 274 g/mol. The van der Waals surface area contributed by atoms with Gasteiger partial charge in [-0.2, -0.15) is 0 Å². The summed E-state index contributed by atoms with van der Waals surface area (Å²) < 4.78 is 0. The number of hydrogen-bond donors (Lipinski definition) is 1. The lowest BCUT2D eigenvalue weighted by molar-refractivity contribution is 0.0988. The number of benzene rings is 1. The van der Waals surface area contributed by atoms with Gasteiger partial charge in [0.25, 0.3) is 0 Å². The lowest BCUT2D eigenvalue weighted by Gasteiger charge is -2.20. The van der Waals surface area contributed by atoms with Gasteiger partial charge in [-0.15, -0.1) is 0 Å². The molecule has 1 fully saturated rings. The SMILES string of the molecule is CCC(=O)c1ccc(NCC2CCN(C(C)C)C2)cc1. The van der Waals surface area contributed by atoms with Gasteiger partial charge in [-0.25, -0.2) is 0 Å². The van der Waals surface area contributed by atoms with Gasteiger partial charge in [0.15, 0.2) is 5.78 Å². The molecule has 0 amide bonds. The van der Waals surface area contributed by atoms with Crippen LogP contribution in [0, 0.1) is 5.92 Å². The highest BCUT2D eigenvalue weighted by Gasteiger charge is 2.23. The van der Waals surface area contributed by atoms with Crippen LogP contribution in [0.4, 0.5) is 5.69 Å². The Hall–Kier alpha value is -1.35. The van der Waals surface area contributed by atoms with Crippen molar-refractivity contribution in [2.24, 2.45) is 5.92 Å². The molecule has 1 atom stereocenters. The number of carbonyl (C=O) groups is 1. The van der Waals surface area contributed by atoms with Gasteiger partial charge in [-0.3, -0.25) is 4.79 Å². The van der Waals surface area contributed by atoms with E-state index in [0.29, 0.717) is 12.5 Å². The van der Waals surface area contributed by atoms with E-state index in [1.165, 1.54) is 19.5 Å². The number of anilines is 1. The largest absolute Gasteiger partial charge is 0.385 e. The smallest absolute Gasteiger partial charge is 0.162 e. The summed E-state index contributed by atoms with van der Waals surface area (Å²) in [5.41, 5.74) is 1.92. The van der Waals surface area contributed by atoms with Crippen LogP contribution in [0.2, 0.25) is 0 Å². The van der Waals surface area contributed by atoms with E-state index in [9.17, 15) is 4.79 Å². The number of ketones is 1. The third-order valence-corrected chi connectivity index (χ3v) is 4.17. The molecule has 1 aromatic rings. The second-order valence-electron chi connectivity index (χ2n) is 5.98. The Morgan fingerprint density at radius 3 is 2.60 bits per heavy atom. The molecule has 0 bridgehead atoms. The molecule has 3 heteroatoms. The zero-order chi connectivity index (χ0) is 14.5. The second kappa shape index (κ2) is 6.89. The Morgan fingerprint density at radius 2 is 2.05 bits per heavy atom. The average molecular weight is 274 g/mol. The third-order valence-electron chi connectivity index (χ3n) is 4.17. The molecule has 0 aliphatic carbocycles. The summed E-state index contributed by atoms with van der Waals surface area (Å²) in [6.45, 7) is 9.85. The lowest BCUT2D eigenvalue weighted by atomic mass is 10.1. The summed E-state index contributed by atoms with van der Waals surface area (Å²) in [5, 5.41) is 3.49. The van der Waals surface area contributed by atoms with Gasteiger partial charge in [0.1, 0.15) is 0 Å². The third kappa shape index (κ3) is 3.83. The normalized spacial score (nSPS) is 19.5. The topological polar surface area (TPSA) is 32.3 Å². The van der Waals surface area contributed by atoms with E-state index < -0.39 is 0 Å². The first-order valence-corrected chi connectivity index (χ1v) is 7.71. The molecule has 1 heterocycles. The van der Waals surface area contributed by atoms with Crippen molar-refractivity contribution in [3.05, 3.63) is 29.8 Å². The standard InChI is InChI=1S/C17H26N2O/c1-4-17(20)15-5-7-16(8-6-15)18-11-14-9-10-19(12-14)13(2)3/h5-8,13-14,18H,4,9-12H2,1-3H3. The Morgan fingerprint density at radius 1 is 1.35 bits per heavy atom. The van der Waals surface area contributed by atoms with E-state index in [1.807, 2.05) is 31.2 Å². The maximum absolute atomic E-state index is 11.6.